The van der Waals surface area contributed by atoms with Crippen LogP contribution in [-0.2, 0) is 12.0 Å². The molecule has 0 aliphatic heterocycles. The number of rotatable bonds is 3. The van der Waals surface area contributed by atoms with Crippen LogP contribution in [0.25, 0.3) is 0 Å². The molecule has 1 atom stereocenters. The first-order chi connectivity index (χ1) is 8.88. The second-order valence-electron chi connectivity index (χ2n) is 5.53. The summed E-state index contributed by atoms with van der Waals surface area (Å²) in [5.41, 5.74) is 10.6. The van der Waals surface area contributed by atoms with Gasteiger partial charge >= 0.3 is 0 Å². The third-order valence-corrected chi connectivity index (χ3v) is 3.57. The fraction of sp³-hybridized carbons (Fsp3) is 0.294. The van der Waals surface area contributed by atoms with Crippen LogP contribution in [-0.4, -0.2) is 0 Å². The fourth-order valence-corrected chi connectivity index (χ4v) is 2.32. The van der Waals surface area contributed by atoms with Gasteiger partial charge in [0.05, 0.1) is 0 Å². The normalized spacial score (nSPS) is 14.2. The highest BCUT2D eigenvalue weighted by Crippen LogP contribution is 2.25. The maximum Gasteiger partial charge on any atom is 0.123 e. The van der Waals surface area contributed by atoms with Crippen LogP contribution in [0.2, 0.25) is 0 Å². The Morgan fingerprint density at radius 2 is 1.68 bits per heavy atom. The summed E-state index contributed by atoms with van der Waals surface area (Å²) in [5, 5.41) is 0. The van der Waals surface area contributed by atoms with Crippen molar-refractivity contribution in [3.63, 3.8) is 0 Å². The molecule has 1 unspecified atom stereocenters. The number of hydrogen-bond acceptors (Lipinski definition) is 1. The summed E-state index contributed by atoms with van der Waals surface area (Å²) in [6.45, 7) is 6.16. The monoisotopic (exact) mass is 257 g/mol. The average Bonchev–Trinajstić information content (AvgIpc) is 2.34. The molecule has 0 aliphatic rings. The predicted octanol–water partition coefficient (Wildman–Crippen LogP) is 3.86. The van der Waals surface area contributed by atoms with Gasteiger partial charge in [-0.3, -0.25) is 0 Å². The molecule has 2 rings (SSSR count). The molecule has 0 amide bonds. The molecule has 0 radical (unpaired) electrons. The lowest BCUT2D eigenvalue weighted by atomic mass is 9.85. The Morgan fingerprint density at radius 3 is 2.32 bits per heavy atom. The Hall–Kier alpha value is -1.67. The van der Waals surface area contributed by atoms with Crippen LogP contribution in [0.4, 0.5) is 4.39 Å². The highest BCUT2D eigenvalue weighted by Gasteiger charge is 2.22. The molecule has 0 saturated heterocycles. The SMILES string of the molecule is Cc1ccc(C)c(CC(C)(N)c2ccc(F)cc2)c1. The molecule has 2 aromatic carbocycles. The molecule has 0 spiro atoms. The van der Waals surface area contributed by atoms with E-state index < -0.39 is 5.54 Å². The van der Waals surface area contributed by atoms with Crippen molar-refractivity contribution in [3.05, 3.63) is 70.5 Å². The molecule has 0 aliphatic carbocycles. The van der Waals surface area contributed by atoms with Crippen LogP contribution in [0, 0.1) is 19.7 Å². The minimum Gasteiger partial charge on any atom is -0.321 e. The number of hydrogen-bond donors (Lipinski definition) is 1. The first kappa shape index (κ1) is 13.8. The van der Waals surface area contributed by atoms with Gasteiger partial charge in [-0.05, 0) is 56.0 Å². The zero-order valence-corrected chi connectivity index (χ0v) is 11.7. The Labute approximate surface area is 114 Å². The minimum absolute atomic E-state index is 0.230. The lowest BCUT2D eigenvalue weighted by molar-refractivity contribution is 0.488. The molecular weight excluding hydrogens is 237 g/mol. The maximum atomic E-state index is 13.0. The van der Waals surface area contributed by atoms with Crippen molar-refractivity contribution >= 4 is 0 Å². The lowest BCUT2D eigenvalue weighted by Gasteiger charge is -2.26. The van der Waals surface area contributed by atoms with E-state index in [0.29, 0.717) is 0 Å². The third kappa shape index (κ3) is 3.21. The summed E-state index contributed by atoms with van der Waals surface area (Å²) < 4.78 is 13.0. The van der Waals surface area contributed by atoms with Crippen molar-refractivity contribution in [1.29, 1.82) is 0 Å². The molecule has 0 fully saturated rings. The first-order valence-electron chi connectivity index (χ1n) is 6.49. The average molecular weight is 257 g/mol. The molecule has 2 aromatic rings. The van der Waals surface area contributed by atoms with Crippen LogP contribution in [0.1, 0.15) is 29.2 Å². The zero-order chi connectivity index (χ0) is 14.0. The van der Waals surface area contributed by atoms with Crippen LogP contribution in [0.15, 0.2) is 42.5 Å². The van der Waals surface area contributed by atoms with Gasteiger partial charge in [-0.2, -0.15) is 0 Å². The molecule has 0 aromatic heterocycles. The number of benzene rings is 2. The van der Waals surface area contributed by atoms with Crippen molar-refractivity contribution < 1.29 is 4.39 Å². The van der Waals surface area contributed by atoms with E-state index in [2.05, 4.69) is 32.0 Å². The van der Waals surface area contributed by atoms with E-state index >= 15 is 0 Å². The molecule has 1 nitrogen and oxygen atoms in total. The van der Waals surface area contributed by atoms with Crippen molar-refractivity contribution in [2.45, 2.75) is 32.7 Å². The highest BCUT2D eigenvalue weighted by atomic mass is 19.1. The van der Waals surface area contributed by atoms with Gasteiger partial charge in [-0.25, -0.2) is 4.39 Å². The summed E-state index contributed by atoms with van der Waals surface area (Å²) in [7, 11) is 0. The third-order valence-electron chi connectivity index (χ3n) is 3.57. The topological polar surface area (TPSA) is 26.0 Å². The van der Waals surface area contributed by atoms with Crippen LogP contribution in [0.3, 0.4) is 0 Å². The van der Waals surface area contributed by atoms with Gasteiger partial charge in [-0.15, -0.1) is 0 Å². The zero-order valence-electron chi connectivity index (χ0n) is 11.7. The van der Waals surface area contributed by atoms with E-state index in [1.807, 2.05) is 6.92 Å². The Kier molecular flexibility index (Phi) is 3.72. The number of aryl methyl sites for hydroxylation is 2. The standard InChI is InChI=1S/C17H20FN/c1-12-4-5-13(2)14(10-12)11-17(3,19)15-6-8-16(18)9-7-15/h4-10H,11,19H2,1-3H3. The molecule has 0 heterocycles. The number of halogens is 1. The van der Waals surface area contributed by atoms with Gasteiger partial charge in [0, 0.05) is 5.54 Å². The van der Waals surface area contributed by atoms with Crippen LogP contribution >= 0.6 is 0 Å². The van der Waals surface area contributed by atoms with Crippen molar-refractivity contribution in [2.75, 3.05) is 0 Å². The number of nitrogens with two attached hydrogens (primary N) is 1. The summed E-state index contributed by atoms with van der Waals surface area (Å²) in [6.07, 6.45) is 0.742. The summed E-state index contributed by atoms with van der Waals surface area (Å²) in [5.74, 6) is -0.230. The molecule has 0 bridgehead atoms. The second-order valence-corrected chi connectivity index (χ2v) is 5.53. The minimum atomic E-state index is -0.494. The molecule has 2 N–H and O–H groups in total. The van der Waals surface area contributed by atoms with Gasteiger partial charge in [-0.1, -0.05) is 35.9 Å². The largest absolute Gasteiger partial charge is 0.321 e. The Balaban J connectivity index is 2.30. The van der Waals surface area contributed by atoms with Gasteiger partial charge in [0.2, 0.25) is 0 Å². The molecular formula is C17H20FN. The van der Waals surface area contributed by atoms with E-state index in [-0.39, 0.29) is 5.82 Å². The fourth-order valence-electron chi connectivity index (χ4n) is 2.32. The van der Waals surface area contributed by atoms with Gasteiger partial charge in [0.1, 0.15) is 5.82 Å². The quantitative estimate of drug-likeness (QED) is 0.887. The predicted molar refractivity (Wildman–Crippen MR) is 77.6 cm³/mol. The van der Waals surface area contributed by atoms with E-state index in [4.69, 9.17) is 5.73 Å². The van der Waals surface area contributed by atoms with Gasteiger partial charge in [0.25, 0.3) is 0 Å². The maximum absolute atomic E-state index is 13.0. The summed E-state index contributed by atoms with van der Waals surface area (Å²) >= 11 is 0. The van der Waals surface area contributed by atoms with Crippen molar-refractivity contribution in [3.8, 4) is 0 Å². The Morgan fingerprint density at radius 1 is 1.05 bits per heavy atom. The van der Waals surface area contributed by atoms with Crippen LogP contribution < -0.4 is 5.73 Å². The lowest BCUT2D eigenvalue weighted by Crippen LogP contribution is -2.35. The van der Waals surface area contributed by atoms with Crippen molar-refractivity contribution in [2.24, 2.45) is 5.73 Å². The Bertz CT molecular complexity index is 570. The molecule has 100 valence electrons. The summed E-state index contributed by atoms with van der Waals surface area (Å²) in [6, 6.07) is 12.8. The molecule has 0 saturated carbocycles. The van der Waals surface area contributed by atoms with E-state index in [1.165, 1.54) is 28.8 Å². The highest BCUT2D eigenvalue weighted by molar-refractivity contribution is 5.34. The molecule has 2 heteroatoms. The van der Waals surface area contributed by atoms with Crippen molar-refractivity contribution in [1.82, 2.24) is 0 Å². The smallest absolute Gasteiger partial charge is 0.123 e. The van der Waals surface area contributed by atoms with Gasteiger partial charge < -0.3 is 5.73 Å². The van der Waals surface area contributed by atoms with E-state index in [0.717, 1.165) is 12.0 Å². The van der Waals surface area contributed by atoms with E-state index in [9.17, 15) is 4.39 Å². The molecule has 19 heavy (non-hydrogen) atoms. The second kappa shape index (κ2) is 5.14. The van der Waals surface area contributed by atoms with Crippen LogP contribution in [0.5, 0.6) is 0 Å². The summed E-state index contributed by atoms with van der Waals surface area (Å²) in [4.78, 5) is 0. The first-order valence-corrected chi connectivity index (χ1v) is 6.49. The van der Waals surface area contributed by atoms with Gasteiger partial charge in [0.15, 0.2) is 0 Å². The van der Waals surface area contributed by atoms with E-state index in [1.54, 1.807) is 12.1 Å².